The van der Waals surface area contributed by atoms with Crippen LogP contribution in [-0.4, -0.2) is 98.6 Å². The molecular formula is C26H36N2O9. The second-order valence-electron chi connectivity index (χ2n) is 9.41. The standard InChI is InChI=1S/C26H36N2O9/c29-12-23-24(35)21(34)11-22(37-23)19-10-18(5-6-20(19)33)9-17-3-1-16(2-4-17)7-8-27-25(36)28-26(13-30,14-31)15-32/h1-6,10,21-24,29-35H,7-9,11-15H2,(H2,27,28,36)/t21-,22-,23-,24+/m1/s1. The van der Waals surface area contributed by atoms with Gasteiger partial charge in [0.05, 0.1) is 38.6 Å². The van der Waals surface area contributed by atoms with E-state index in [1.807, 2.05) is 24.3 Å². The number of nitrogens with one attached hydrogen (secondary N) is 2. The SMILES string of the molecule is O=C(NCCc1ccc(Cc2ccc(O)c([C@H]3C[C@@H](O)[C@H](O)[C@@H](CO)O3)c2)cc1)NC(CO)(CO)CO. The van der Waals surface area contributed by atoms with Crippen LogP contribution in [-0.2, 0) is 17.6 Å². The number of ether oxygens (including phenoxy) is 1. The van der Waals surface area contributed by atoms with E-state index < -0.39 is 62.4 Å². The van der Waals surface area contributed by atoms with Gasteiger partial charge in [-0.05, 0) is 41.7 Å². The smallest absolute Gasteiger partial charge is 0.315 e. The fourth-order valence-electron chi connectivity index (χ4n) is 4.21. The van der Waals surface area contributed by atoms with Crippen LogP contribution in [0, 0.1) is 0 Å². The lowest BCUT2D eigenvalue weighted by molar-refractivity contribution is -0.181. The first-order valence-corrected chi connectivity index (χ1v) is 12.1. The van der Waals surface area contributed by atoms with E-state index in [1.54, 1.807) is 18.2 Å². The van der Waals surface area contributed by atoms with E-state index in [1.165, 1.54) is 0 Å². The molecule has 1 fully saturated rings. The molecule has 204 valence electrons. The summed E-state index contributed by atoms with van der Waals surface area (Å²) in [7, 11) is 0. The molecule has 0 saturated carbocycles. The Bertz CT molecular complexity index is 1010. The van der Waals surface area contributed by atoms with Crippen LogP contribution in [0.4, 0.5) is 4.79 Å². The summed E-state index contributed by atoms with van der Waals surface area (Å²) < 4.78 is 5.71. The molecule has 2 aromatic rings. The van der Waals surface area contributed by atoms with Crippen molar-refractivity contribution < 1.29 is 45.3 Å². The van der Waals surface area contributed by atoms with E-state index in [9.17, 15) is 40.5 Å². The van der Waals surface area contributed by atoms with Gasteiger partial charge in [0.2, 0.25) is 0 Å². The number of carbonyl (C=O) groups is 1. The molecular weight excluding hydrogens is 484 g/mol. The molecule has 0 aromatic heterocycles. The molecule has 0 bridgehead atoms. The monoisotopic (exact) mass is 520 g/mol. The highest BCUT2D eigenvalue weighted by atomic mass is 16.5. The van der Waals surface area contributed by atoms with Crippen LogP contribution in [0.25, 0.3) is 0 Å². The zero-order chi connectivity index (χ0) is 27.0. The summed E-state index contributed by atoms with van der Waals surface area (Å²) >= 11 is 0. The summed E-state index contributed by atoms with van der Waals surface area (Å²) in [6, 6.07) is 12.3. The van der Waals surface area contributed by atoms with Crippen molar-refractivity contribution in [1.29, 1.82) is 0 Å². The Hall–Kier alpha value is -2.77. The van der Waals surface area contributed by atoms with E-state index >= 15 is 0 Å². The molecule has 1 aliphatic rings. The lowest BCUT2D eigenvalue weighted by atomic mass is 9.92. The summed E-state index contributed by atoms with van der Waals surface area (Å²) in [4.78, 5) is 12.0. The van der Waals surface area contributed by atoms with E-state index in [0.29, 0.717) is 24.9 Å². The van der Waals surface area contributed by atoms with E-state index in [0.717, 1.165) is 16.7 Å². The number of benzene rings is 2. The molecule has 0 aliphatic carbocycles. The predicted octanol–water partition coefficient (Wildman–Crippen LogP) is -0.915. The average Bonchev–Trinajstić information content (AvgIpc) is 2.91. The summed E-state index contributed by atoms with van der Waals surface area (Å²) in [6.45, 7) is -1.93. The zero-order valence-electron chi connectivity index (χ0n) is 20.5. The number of rotatable bonds is 11. The van der Waals surface area contributed by atoms with E-state index in [2.05, 4.69) is 10.6 Å². The quantitative estimate of drug-likeness (QED) is 0.180. The molecule has 1 aliphatic heterocycles. The van der Waals surface area contributed by atoms with Crippen molar-refractivity contribution in [2.24, 2.45) is 0 Å². The Kier molecular flexibility index (Phi) is 10.2. The fourth-order valence-corrected chi connectivity index (χ4v) is 4.21. The lowest BCUT2D eigenvalue weighted by Crippen LogP contribution is -2.59. The molecule has 0 spiro atoms. The van der Waals surface area contributed by atoms with E-state index in [4.69, 9.17) is 4.74 Å². The summed E-state index contributed by atoms with van der Waals surface area (Å²) in [5.74, 6) is 0.00937. The summed E-state index contributed by atoms with van der Waals surface area (Å²) in [6.07, 6.45) is -2.66. The minimum absolute atomic E-state index is 0.00937. The topological polar surface area (TPSA) is 192 Å². The third kappa shape index (κ3) is 7.39. The number of aliphatic hydroxyl groups is 6. The minimum atomic E-state index is -1.48. The molecule has 0 unspecified atom stereocenters. The van der Waals surface area contributed by atoms with Crippen LogP contribution >= 0.6 is 0 Å². The summed E-state index contributed by atoms with van der Waals surface area (Å²) in [5.41, 5.74) is 1.90. The summed E-state index contributed by atoms with van der Waals surface area (Å²) in [5, 5.41) is 72.8. The van der Waals surface area contributed by atoms with Gasteiger partial charge in [0.1, 0.15) is 23.5 Å². The molecule has 4 atom stereocenters. The minimum Gasteiger partial charge on any atom is -0.508 e. The van der Waals surface area contributed by atoms with Crippen molar-refractivity contribution in [3.8, 4) is 5.75 Å². The van der Waals surface area contributed by atoms with Crippen molar-refractivity contribution in [3.05, 3.63) is 64.7 Å². The Morgan fingerprint density at radius 3 is 2.19 bits per heavy atom. The van der Waals surface area contributed by atoms with Crippen molar-refractivity contribution >= 4 is 6.03 Å². The highest BCUT2D eigenvalue weighted by molar-refractivity contribution is 5.74. The second kappa shape index (κ2) is 13.2. The molecule has 2 aromatic carbocycles. The predicted molar refractivity (Wildman–Crippen MR) is 133 cm³/mol. The maximum absolute atomic E-state index is 12.0. The van der Waals surface area contributed by atoms with Gasteiger partial charge in [-0.2, -0.15) is 0 Å². The first-order chi connectivity index (χ1) is 17.7. The maximum atomic E-state index is 12.0. The van der Waals surface area contributed by atoms with Crippen LogP contribution in [0.5, 0.6) is 5.75 Å². The maximum Gasteiger partial charge on any atom is 0.315 e. The Balaban J connectivity index is 1.56. The number of phenolic OH excluding ortho intramolecular Hbond substituents is 1. The Labute approximate surface area is 215 Å². The highest BCUT2D eigenvalue weighted by Crippen LogP contribution is 2.36. The van der Waals surface area contributed by atoms with Gasteiger partial charge in [0, 0.05) is 18.5 Å². The zero-order valence-corrected chi connectivity index (χ0v) is 20.5. The first kappa shape index (κ1) is 28.8. The van der Waals surface area contributed by atoms with Gasteiger partial charge in [-0.25, -0.2) is 4.79 Å². The molecule has 9 N–H and O–H groups in total. The number of aliphatic hydroxyl groups excluding tert-OH is 6. The number of hydrogen-bond acceptors (Lipinski definition) is 9. The molecule has 11 heteroatoms. The number of carbonyl (C=O) groups excluding carboxylic acids is 1. The molecule has 1 heterocycles. The number of urea groups is 1. The average molecular weight is 521 g/mol. The number of aromatic hydroxyl groups is 1. The van der Waals surface area contributed by atoms with Gasteiger partial charge >= 0.3 is 6.03 Å². The molecule has 3 rings (SSSR count). The van der Waals surface area contributed by atoms with Gasteiger partial charge in [0.25, 0.3) is 0 Å². The fraction of sp³-hybridized carbons (Fsp3) is 0.500. The van der Waals surface area contributed by atoms with Gasteiger partial charge in [0.15, 0.2) is 0 Å². The number of hydrogen-bond donors (Lipinski definition) is 9. The highest BCUT2D eigenvalue weighted by Gasteiger charge is 2.37. The largest absolute Gasteiger partial charge is 0.508 e. The van der Waals surface area contributed by atoms with Gasteiger partial charge in [-0.15, -0.1) is 0 Å². The van der Waals surface area contributed by atoms with Crippen LogP contribution in [0.3, 0.4) is 0 Å². The Morgan fingerprint density at radius 1 is 0.946 bits per heavy atom. The molecule has 37 heavy (non-hydrogen) atoms. The molecule has 11 nitrogen and oxygen atoms in total. The van der Waals surface area contributed by atoms with Crippen molar-refractivity contribution in [1.82, 2.24) is 10.6 Å². The van der Waals surface area contributed by atoms with Crippen molar-refractivity contribution in [2.75, 3.05) is 33.0 Å². The van der Waals surface area contributed by atoms with Crippen molar-refractivity contribution in [3.63, 3.8) is 0 Å². The third-order valence-corrected chi connectivity index (χ3v) is 6.61. The van der Waals surface area contributed by atoms with Gasteiger partial charge < -0.3 is 51.1 Å². The number of phenols is 1. The molecule has 0 radical (unpaired) electrons. The second-order valence-corrected chi connectivity index (χ2v) is 9.41. The van der Waals surface area contributed by atoms with Gasteiger partial charge in [-0.1, -0.05) is 30.3 Å². The molecule has 1 saturated heterocycles. The Morgan fingerprint density at radius 2 is 1.57 bits per heavy atom. The van der Waals surface area contributed by atoms with Crippen molar-refractivity contribution in [2.45, 2.75) is 49.2 Å². The van der Waals surface area contributed by atoms with E-state index in [-0.39, 0.29) is 12.2 Å². The normalized spacial score (nSPS) is 22.0. The van der Waals surface area contributed by atoms with Crippen LogP contribution in [0.15, 0.2) is 42.5 Å². The van der Waals surface area contributed by atoms with Crippen LogP contribution in [0.1, 0.15) is 34.8 Å². The van der Waals surface area contributed by atoms with Crippen LogP contribution in [0.2, 0.25) is 0 Å². The number of amides is 2. The third-order valence-electron chi connectivity index (χ3n) is 6.61. The first-order valence-electron chi connectivity index (χ1n) is 12.1. The molecule has 2 amide bonds. The van der Waals surface area contributed by atoms with Crippen LogP contribution < -0.4 is 10.6 Å². The van der Waals surface area contributed by atoms with Gasteiger partial charge in [-0.3, -0.25) is 0 Å². The lowest BCUT2D eigenvalue weighted by Gasteiger charge is -2.36.